The van der Waals surface area contributed by atoms with Gasteiger partial charge in [0.2, 0.25) is 0 Å². The van der Waals surface area contributed by atoms with Crippen LogP contribution in [0.2, 0.25) is 0 Å². The highest BCUT2D eigenvalue weighted by Gasteiger charge is 2.60. The van der Waals surface area contributed by atoms with Crippen LogP contribution in [0.1, 0.15) is 87.0 Å². The number of fused-ring (bicyclic) bond motifs is 2. The second-order valence-electron chi connectivity index (χ2n) is 18.9. The van der Waals surface area contributed by atoms with Gasteiger partial charge in [-0.15, -0.1) is 0 Å². The normalized spacial score (nSPS) is 48.6. The summed E-state index contributed by atoms with van der Waals surface area (Å²) in [5, 5.41) is 44.5. The molecule has 0 amide bonds. The maximum absolute atomic E-state index is 14.4. The van der Waals surface area contributed by atoms with E-state index in [2.05, 4.69) is 19.9 Å². The molecule has 0 aromatic rings. The highest BCUT2D eigenvalue weighted by molar-refractivity contribution is 5.78. The molecule has 1 spiro atoms. The Morgan fingerprint density at radius 3 is 2.35 bits per heavy atom. The minimum Gasteiger partial charge on any atom is -0.462 e. The van der Waals surface area contributed by atoms with Gasteiger partial charge >= 0.3 is 5.97 Å². The number of carbonyl (C=O) groups is 1. The van der Waals surface area contributed by atoms with Gasteiger partial charge in [0.1, 0.15) is 42.0 Å². The van der Waals surface area contributed by atoms with Gasteiger partial charge in [0, 0.05) is 51.7 Å². The second-order valence-corrected chi connectivity index (χ2v) is 18.9. The van der Waals surface area contributed by atoms with Crippen LogP contribution in [0.5, 0.6) is 0 Å². The quantitative estimate of drug-likeness (QED) is 0.189. The Bertz CT molecular complexity index is 1740. The lowest BCUT2D eigenvalue weighted by Crippen LogP contribution is -2.58. The topological polar surface area (TPSA) is 190 Å². The van der Waals surface area contributed by atoms with Crippen molar-refractivity contribution >= 4 is 5.97 Å². The minimum absolute atomic E-state index is 0.0117. The third-order valence-electron chi connectivity index (χ3n) is 14.6. The van der Waals surface area contributed by atoms with Gasteiger partial charge in [-0.3, -0.25) is 4.79 Å². The maximum Gasteiger partial charge on any atom is 0.316 e. The van der Waals surface area contributed by atoms with Crippen LogP contribution >= 0.6 is 0 Å². The number of carbonyl (C=O) groups excluding carboxylic acids is 1. The van der Waals surface area contributed by atoms with E-state index in [1.807, 2.05) is 45.1 Å². The van der Waals surface area contributed by atoms with Crippen molar-refractivity contribution in [3.63, 3.8) is 0 Å². The number of methoxy groups -OCH3 is 2. The van der Waals surface area contributed by atoms with E-state index in [4.69, 9.17) is 47.4 Å². The van der Waals surface area contributed by atoms with E-state index in [0.29, 0.717) is 36.8 Å². The summed E-state index contributed by atoms with van der Waals surface area (Å²) in [4.78, 5) is 14.4. The van der Waals surface area contributed by atoms with Gasteiger partial charge in [-0.25, -0.2) is 0 Å². The van der Waals surface area contributed by atoms with Gasteiger partial charge in [-0.05, 0) is 62.8 Å². The first kappa shape index (κ1) is 48.6. The molecule has 0 saturated carbocycles. The predicted molar refractivity (Wildman–Crippen MR) is 229 cm³/mol. The number of rotatable bonds is 9. The number of aliphatic hydroxyl groups excluding tert-OH is 3. The largest absolute Gasteiger partial charge is 0.462 e. The maximum atomic E-state index is 14.4. The van der Waals surface area contributed by atoms with E-state index in [1.54, 1.807) is 40.2 Å². The zero-order valence-corrected chi connectivity index (χ0v) is 38.4. The van der Waals surface area contributed by atoms with E-state index < -0.39 is 103 Å². The van der Waals surface area contributed by atoms with Crippen LogP contribution in [-0.4, -0.2) is 151 Å². The fourth-order valence-electron chi connectivity index (χ4n) is 10.6. The zero-order valence-electron chi connectivity index (χ0n) is 38.4. The lowest BCUT2D eigenvalue weighted by atomic mass is 9.71. The van der Waals surface area contributed by atoms with Gasteiger partial charge < -0.3 is 67.8 Å². The summed E-state index contributed by atoms with van der Waals surface area (Å²) >= 11 is 0. The Morgan fingerprint density at radius 2 is 1.63 bits per heavy atom. The van der Waals surface area contributed by atoms with E-state index in [-0.39, 0.29) is 43.5 Å². The van der Waals surface area contributed by atoms with Crippen LogP contribution in [-0.2, 0) is 52.2 Å². The van der Waals surface area contributed by atoms with Crippen LogP contribution in [0, 0.1) is 23.7 Å². The molecule has 0 aromatic carbocycles. The van der Waals surface area contributed by atoms with Gasteiger partial charge in [0.15, 0.2) is 18.4 Å². The molecular formula is C48H72O15. The van der Waals surface area contributed by atoms with Crippen LogP contribution in [0.3, 0.4) is 0 Å². The van der Waals surface area contributed by atoms with Crippen molar-refractivity contribution in [2.45, 2.75) is 184 Å². The average molecular weight is 889 g/mol. The smallest absolute Gasteiger partial charge is 0.316 e. The van der Waals surface area contributed by atoms with Crippen molar-refractivity contribution in [1.29, 1.82) is 0 Å². The van der Waals surface area contributed by atoms with Crippen LogP contribution in [0.25, 0.3) is 0 Å². The monoisotopic (exact) mass is 888 g/mol. The first-order valence-corrected chi connectivity index (χ1v) is 23.0. The van der Waals surface area contributed by atoms with Crippen molar-refractivity contribution < 1.29 is 72.6 Å². The van der Waals surface area contributed by atoms with Crippen molar-refractivity contribution in [1.82, 2.24) is 0 Å². The molecule has 6 heterocycles. The SMILES string of the molecule is CC[C@H](C)[C@H]1O[C@]2(C=C[C@@H]1CO)C[C@@H]1C[C@@H](C/C=C(\C)[C@@H](O[C@H]3C[C@H](OC)[C@@H](O[C@H]4C[C@H](OC)[C@@H](O)[C@H](C)O4)[C@H](C)O3)[C@@H](C)/C=C/C=C3\CO[C@@H]4[C@H](O)C(C)=C[C@@H](C(=O)O1)[C@]34O)O2. The third-order valence-corrected chi connectivity index (χ3v) is 14.6. The standard InChI is InChI=1S/C48H72O15/c1-10-25(2)43-31(23-49)16-17-47(63-43)22-34-19-33(62-47)15-14-27(4)42(26(3)12-11-13-32-24-56-45-40(50)28(5)18-35(46(52)59-34)48(32,45)53)60-39-21-37(55-9)44(30(7)58-39)61-38-20-36(54-8)41(51)29(6)57-38/h11-14,16-18,25-26,29-31,33-45,49-51,53H,10,15,19-24H2,1-9H3/b12-11+,27-14+,32-13+/t25-,26-,29-,30-,31+,33+,34-,35-,36-,37-,38-,39-,40+,41-,42-,43+,44-,45+,47+,48+/m0/s1. The molecule has 0 aromatic heterocycles. The van der Waals surface area contributed by atoms with Crippen LogP contribution in [0.15, 0.2) is 59.3 Å². The number of hydrogen-bond donors (Lipinski definition) is 4. The Labute approximate surface area is 372 Å². The van der Waals surface area contributed by atoms with Crippen molar-refractivity contribution in [2.24, 2.45) is 23.7 Å². The van der Waals surface area contributed by atoms with Crippen molar-refractivity contribution in [2.75, 3.05) is 27.4 Å². The summed E-state index contributed by atoms with van der Waals surface area (Å²) in [6, 6.07) is 0. The number of aliphatic hydroxyl groups is 4. The van der Waals surface area contributed by atoms with E-state index in [0.717, 1.165) is 12.0 Å². The minimum atomic E-state index is -1.86. The lowest BCUT2D eigenvalue weighted by molar-refractivity contribution is -0.318. The first-order valence-electron chi connectivity index (χ1n) is 23.0. The fourth-order valence-corrected chi connectivity index (χ4v) is 10.6. The first-order chi connectivity index (χ1) is 30.0. The molecule has 2 bridgehead atoms. The molecule has 6 aliphatic heterocycles. The number of allylic oxidation sites excluding steroid dienone is 2. The van der Waals surface area contributed by atoms with Crippen LogP contribution < -0.4 is 0 Å². The second kappa shape index (κ2) is 20.3. The summed E-state index contributed by atoms with van der Waals surface area (Å²) in [5.41, 5.74) is 0.0296. The Kier molecular flexibility index (Phi) is 15.6. The highest BCUT2D eigenvalue weighted by Crippen LogP contribution is 2.47. The molecule has 15 heteroatoms. The van der Waals surface area contributed by atoms with E-state index in [1.165, 1.54) is 0 Å². The predicted octanol–water partition coefficient (Wildman–Crippen LogP) is 4.35. The van der Waals surface area contributed by atoms with E-state index >= 15 is 0 Å². The highest BCUT2D eigenvalue weighted by atomic mass is 16.7. The number of hydrogen-bond acceptors (Lipinski definition) is 15. The lowest BCUT2D eigenvalue weighted by Gasteiger charge is -2.48. The summed E-state index contributed by atoms with van der Waals surface area (Å²) in [5.74, 6) is -3.32. The molecule has 354 valence electrons. The summed E-state index contributed by atoms with van der Waals surface area (Å²) in [6.07, 6.45) is 7.27. The summed E-state index contributed by atoms with van der Waals surface area (Å²) in [7, 11) is 3.20. The Balaban J connectivity index is 1.19. The third kappa shape index (κ3) is 10.0. The molecule has 1 aliphatic carbocycles. The molecule has 7 aliphatic rings. The number of esters is 1. The Morgan fingerprint density at radius 1 is 0.921 bits per heavy atom. The van der Waals surface area contributed by atoms with Crippen molar-refractivity contribution in [3.8, 4) is 0 Å². The molecule has 4 fully saturated rings. The number of ether oxygens (including phenoxy) is 10. The molecule has 4 saturated heterocycles. The molecule has 15 nitrogen and oxygen atoms in total. The summed E-state index contributed by atoms with van der Waals surface area (Å²) in [6.45, 7) is 13.6. The van der Waals surface area contributed by atoms with Gasteiger partial charge in [-0.2, -0.15) is 0 Å². The van der Waals surface area contributed by atoms with E-state index in [9.17, 15) is 25.2 Å². The zero-order chi connectivity index (χ0) is 45.4. The van der Waals surface area contributed by atoms with Crippen molar-refractivity contribution in [3.05, 3.63) is 59.3 Å². The molecule has 4 N–H and O–H groups in total. The van der Waals surface area contributed by atoms with Crippen LogP contribution in [0.4, 0.5) is 0 Å². The van der Waals surface area contributed by atoms with Gasteiger partial charge in [0.25, 0.3) is 0 Å². The molecular weight excluding hydrogens is 817 g/mol. The average Bonchev–Trinajstić information content (AvgIpc) is 3.60. The van der Waals surface area contributed by atoms with Gasteiger partial charge in [-0.1, -0.05) is 63.6 Å². The summed E-state index contributed by atoms with van der Waals surface area (Å²) < 4.78 is 63.5. The molecule has 0 radical (unpaired) electrons. The van der Waals surface area contributed by atoms with Gasteiger partial charge in [0.05, 0.1) is 55.9 Å². The Hall–Kier alpha value is -2.35. The molecule has 0 unspecified atom stereocenters. The fraction of sp³-hybridized carbons (Fsp3) is 0.771. The molecule has 63 heavy (non-hydrogen) atoms. The molecule has 7 rings (SSSR count). The molecule has 20 atom stereocenters.